The number of carboxylic acids is 1. The summed E-state index contributed by atoms with van der Waals surface area (Å²) in [5.41, 5.74) is 5.45. The molecule has 1 heterocycles. The van der Waals surface area contributed by atoms with Gasteiger partial charge in [0.25, 0.3) is 0 Å². The number of unbranched alkanes of at least 4 members (excludes halogenated alkanes) is 15. The lowest BCUT2D eigenvalue weighted by atomic mass is 9.96. The Morgan fingerprint density at radius 1 is 0.694 bits per heavy atom. The number of carbonyl (C=O) groups is 7. The van der Waals surface area contributed by atoms with Gasteiger partial charge in [0.15, 0.2) is 6.29 Å². The van der Waals surface area contributed by atoms with Crippen LogP contribution in [-0.4, -0.2) is 130 Å². The van der Waals surface area contributed by atoms with E-state index in [2.05, 4.69) is 33.5 Å². The van der Waals surface area contributed by atoms with Gasteiger partial charge in [-0.1, -0.05) is 96.8 Å². The lowest BCUT2D eigenvalue weighted by Crippen LogP contribution is -2.65. The molecule has 0 aromatic heterocycles. The van der Waals surface area contributed by atoms with Gasteiger partial charge in [0, 0.05) is 26.3 Å². The zero-order valence-electron chi connectivity index (χ0n) is 37.5. The maximum Gasteiger partial charge on any atom is 0.326 e. The van der Waals surface area contributed by atoms with Crippen molar-refractivity contribution in [2.45, 2.75) is 217 Å². The smallest absolute Gasteiger partial charge is 0.326 e. The van der Waals surface area contributed by atoms with Gasteiger partial charge in [-0.3, -0.25) is 28.8 Å². The first-order valence-electron chi connectivity index (χ1n) is 22.8. The van der Waals surface area contributed by atoms with Crippen LogP contribution < -0.4 is 32.3 Å². The zero-order valence-corrected chi connectivity index (χ0v) is 37.5. The molecule has 1 saturated heterocycles. The number of amides is 6. The molecule has 1 rings (SSSR count). The zero-order chi connectivity index (χ0) is 46.5. The Bertz CT molecular complexity index is 1360. The van der Waals surface area contributed by atoms with Gasteiger partial charge in [0.05, 0.1) is 6.61 Å². The third-order valence-electron chi connectivity index (χ3n) is 10.9. The average Bonchev–Trinajstić information content (AvgIpc) is 3.22. The number of aliphatic hydroxyl groups is 3. The van der Waals surface area contributed by atoms with Crippen molar-refractivity contribution in [3.05, 3.63) is 0 Å². The molecule has 0 radical (unpaired) electrons. The number of aliphatic carboxylic acids is 1. The van der Waals surface area contributed by atoms with E-state index in [1.54, 1.807) is 0 Å². The second kappa shape index (κ2) is 32.7. The number of hydrogen-bond donors (Lipinski definition) is 10. The fourth-order valence-corrected chi connectivity index (χ4v) is 7.16. The summed E-state index contributed by atoms with van der Waals surface area (Å²) < 4.78 is 10.8. The van der Waals surface area contributed by atoms with E-state index in [1.165, 1.54) is 90.9 Å². The van der Waals surface area contributed by atoms with E-state index in [9.17, 15) is 54.0 Å². The third-order valence-corrected chi connectivity index (χ3v) is 10.9. The highest BCUT2D eigenvalue weighted by molar-refractivity contribution is 5.92. The topological polar surface area (TPSA) is 305 Å². The minimum absolute atomic E-state index is 0.0393. The molecular weight excluding hydrogens is 809 g/mol. The van der Waals surface area contributed by atoms with Crippen molar-refractivity contribution >= 4 is 41.4 Å². The number of rotatable bonds is 35. The highest BCUT2D eigenvalue weighted by atomic mass is 16.6. The number of hydrogen-bond acceptors (Lipinski definition) is 12. The highest BCUT2D eigenvalue weighted by Gasteiger charge is 2.47. The maximum atomic E-state index is 12.9. The molecule has 62 heavy (non-hydrogen) atoms. The van der Waals surface area contributed by atoms with Crippen LogP contribution in [0.5, 0.6) is 0 Å². The number of nitrogens with one attached hydrogen (secondary N) is 5. The molecule has 0 aromatic rings. The van der Waals surface area contributed by atoms with Gasteiger partial charge in [0.2, 0.25) is 35.4 Å². The van der Waals surface area contributed by atoms with Crippen molar-refractivity contribution in [1.82, 2.24) is 26.6 Å². The van der Waals surface area contributed by atoms with E-state index in [4.69, 9.17) is 15.2 Å². The number of nitrogens with two attached hydrogens (primary N) is 1. The molecule has 1 aliphatic heterocycles. The molecule has 19 heteroatoms. The SMILES string of the molecule is CCCCCCCCCCCCCCCCCC(=O)NCCCC[C@H](NC(=O)CC[C@@H](NC(=O)[C@H](C)NC(=O)[C@@H](C)O[C@H]1[C@@H](O)[C@@H](CO)O[C@@H](O)[C@@H]1NC(C)=O)C(N)=O)C(=O)O. The second-order valence-electron chi connectivity index (χ2n) is 16.4. The first-order chi connectivity index (χ1) is 29.5. The Morgan fingerprint density at radius 3 is 1.77 bits per heavy atom. The molecule has 0 unspecified atom stereocenters. The molecule has 19 nitrogen and oxygen atoms in total. The number of carbonyl (C=O) groups excluding carboxylic acids is 6. The van der Waals surface area contributed by atoms with Gasteiger partial charge in [0.1, 0.15) is 48.6 Å². The van der Waals surface area contributed by atoms with Crippen LogP contribution in [0.4, 0.5) is 0 Å². The quantitative estimate of drug-likeness (QED) is 0.0406. The van der Waals surface area contributed by atoms with Gasteiger partial charge < -0.3 is 62.2 Å². The average molecular weight is 887 g/mol. The van der Waals surface area contributed by atoms with Crippen molar-refractivity contribution in [3.8, 4) is 0 Å². The molecule has 358 valence electrons. The van der Waals surface area contributed by atoms with Crippen LogP contribution in [0.1, 0.15) is 163 Å². The largest absolute Gasteiger partial charge is 0.480 e. The Morgan fingerprint density at radius 2 is 1.26 bits per heavy atom. The van der Waals surface area contributed by atoms with E-state index in [0.29, 0.717) is 25.8 Å². The Balaban J connectivity index is 2.36. The van der Waals surface area contributed by atoms with Gasteiger partial charge in [-0.25, -0.2) is 4.79 Å². The minimum atomic E-state index is -1.68. The van der Waals surface area contributed by atoms with Crippen molar-refractivity contribution in [2.75, 3.05) is 13.2 Å². The summed E-state index contributed by atoms with van der Waals surface area (Å²) in [6.07, 6.45) is 12.3. The summed E-state index contributed by atoms with van der Waals surface area (Å²) in [7, 11) is 0. The summed E-state index contributed by atoms with van der Waals surface area (Å²) in [4.78, 5) is 86.4. The first kappa shape index (κ1) is 56.1. The molecule has 11 N–H and O–H groups in total. The molecule has 1 fully saturated rings. The number of primary amides is 1. The molecule has 6 amide bonds. The molecule has 0 bridgehead atoms. The Hall–Kier alpha value is -3.91. The molecule has 9 atom stereocenters. The fraction of sp³-hybridized carbons (Fsp3) is 0.837. The standard InChI is InChI=1S/C43H78N6O13/c1-5-6-7-8-9-10-11-12-13-14-15-16-17-18-19-23-34(52)45-26-21-20-22-32(42(58)59)48-35(53)25-24-31(39(44)55)49-40(56)28(2)46-41(57)29(3)61-38-36(47-30(4)51)43(60)62-33(27-50)37(38)54/h28-29,31-33,36-38,43,50,54,60H,5-27H2,1-4H3,(H2,44,55)(H,45,52)(H,46,57)(H,47,51)(H,48,53)(H,49,56)(H,58,59)/t28-,29+,31+,32-,33+,36+,37-,38+,43+/m0/s1. The predicted octanol–water partition coefficient (Wildman–Crippen LogP) is 1.71. The fourth-order valence-electron chi connectivity index (χ4n) is 7.16. The van der Waals surface area contributed by atoms with Gasteiger partial charge >= 0.3 is 5.97 Å². The van der Waals surface area contributed by atoms with Gasteiger partial charge in [-0.2, -0.15) is 0 Å². The molecule has 0 aliphatic carbocycles. The minimum Gasteiger partial charge on any atom is -0.480 e. The van der Waals surface area contributed by atoms with E-state index in [1.807, 2.05) is 0 Å². The van der Waals surface area contributed by atoms with Crippen LogP contribution >= 0.6 is 0 Å². The van der Waals surface area contributed by atoms with E-state index >= 15 is 0 Å². The summed E-state index contributed by atoms with van der Waals surface area (Å²) in [5, 5.41) is 52.5. The van der Waals surface area contributed by atoms with E-state index in [0.717, 1.165) is 26.2 Å². The maximum absolute atomic E-state index is 12.9. The second-order valence-corrected chi connectivity index (χ2v) is 16.4. The Labute approximate surface area is 367 Å². The monoisotopic (exact) mass is 887 g/mol. The summed E-state index contributed by atoms with van der Waals surface area (Å²) in [5.74, 6) is -5.26. The van der Waals surface area contributed by atoms with Gasteiger partial charge in [-0.05, 0) is 46.0 Å². The van der Waals surface area contributed by atoms with Crippen LogP contribution in [0.25, 0.3) is 0 Å². The van der Waals surface area contributed by atoms with Crippen molar-refractivity contribution in [2.24, 2.45) is 5.73 Å². The number of carboxylic acid groups (broad SMARTS) is 1. The van der Waals surface area contributed by atoms with Crippen molar-refractivity contribution < 1.29 is 63.5 Å². The first-order valence-corrected chi connectivity index (χ1v) is 22.8. The van der Waals surface area contributed by atoms with Crippen molar-refractivity contribution in [1.29, 1.82) is 0 Å². The summed E-state index contributed by atoms with van der Waals surface area (Å²) in [6.45, 7) is 5.65. The van der Waals surface area contributed by atoms with E-state index < -0.39 is 97.0 Å². The number of ether oxygens (including phenoxy) is 2. The highest BCUT2D eigenvalue weighted by Crippen LogP contribution is 2.24. The molecule has 0 spiro atoms. The third kappa shape index (κ3) is 24.1. The lowest BCUT2D eigenvalue weighted by molar-refractivity contribution is -0.266. The molecule has 0 aromatic carbocycles. The van der Waals surface area contributed by atoms with Crippen molar-refractivity contribution in [3.63, 3.8) is 0 Å². The Kier molecular flexibility index (Phi) is 29.6. The lowest BCUT2D eigenvalue weighted by Gasteiger charge is -2.43. The normalized spacial score (nSPS) is 20.5. The van der Waals surface area contributed by atoms with Crippen LogP contribution in [-0.2, 0) is 43.0 Å². The molecule has 1 aliphatic rings. The molecule has 0 saturated carbocycles. The summed E-state index contributed by atoms with van der Waals surface area (Å²) >= 11 is 0. The molecular formula is C43H78N6O13. The number of aliphatic hydroxyl groups excluding tert-OH is 3. The summed E-state index contributed by atoms with van der Waals surface area (Å²) in [6, 6.07) is -5.14. The predicted molar refractivity (Wildman–Crippen MR) is 230 cm³/mol. The van der Waals surface area contributed by atoms with Crippen LogP contribution in [0.15, 0.2) is 0 Å². The van der Waals surface area contributed by atoms with E-state index in [-0.39, 0.29) is 25.2 Å². The van der Waals surface area contributed by atoms with Crippen LogP contribution in [0.3, 0.4) is 0 Å². The van der Waals surface area contributed by atoms with Crippen LogP contribution in [0, 0.1) is 0 Å². The van der Waals surface area contributed by atoms with Crippen LogP contribution in [0.2, 0.25) is 0 Å². The van der Waals surface area contributed by atoms with Gasteiger partial charge in [-0.15, -0.1) is 0 Å².